The van der Waals surface area contributed by atoms with Crippen LogP contribution in [-0.2, 0) is 4.79 Å². The van der Waals surface area contributed by atoms with E-state index >= 15 is 0 Å². The molecule has 86 valence electrons. The summed E-state index contributed by atoms with van der Waals surface area (Å²) in [4.78, 5) is 22.8. The summed E-state index contributed by atoms with van der Waals surface area (Å²) in [6.45, 7) is 1.26. The Bertz CT molecular complexity index is 278. The van der Waals surface area contributed by atoms with Gasteiger partial charge in [0.25, 0.3) is 0 Å². The van der Waals surface area contributed by atoms with Gasteiger partial charge in [-0.15, -0.1) is 0 Å². The summed E-state index contributed by atoms with van der Waals surface area (Å²) < 4.78 is 36.4. The second kappa shape index (κ2) is 4.08. The van der Waals surface area contributed by atoms with E-state index in [0.717, 1.165) is 4.90 Å². The number of carbonyl (C=O) groups is 2. The van der Waals surface area contributed by atoms with Gasteiger partial charge in [-0.3, -0.25) is 10.1 Å². The second-order valence-corrected chi connectivity index (χ2v) is 3.36. The standard InChI is InChI=1S/C8H11F3N2O2/c1-2-5(3-8(9,10)11)13-4-6(14)12-7(13)15/h5H,2-4H2,1H3,(H,12,14,15). The van der Waals surface area contributed by atoms with E-state index in [2.05, 4.69) is 0 Å². The van der Waals surface area contributed by atoms with Crippen molar-refractivity contribution < 1.29 is 22.8 Å². The maximum absolute atomic E-state index is 12.1. The number of nitrogens with zero attached hydrogens (tertiary/aromatic N) is 1. The highest BCUT2D eigenvalue weighted by atomic mass is 19.4. The number of nitrogens with one attached hydrogen (secondary N) is 1. The van der Waals surface area contributed by atoms with Crippen molar-refractivity contribution in [2.75, 3.05) is 6.54 Å². The lowest BCUT2D eigenvalue weighted by atomic mass is 10.1. The van der Waals surface area contributed by atoms with Crippen LogP contribution < -0.4 is 5.32 Å². The first-order valence-electron chi connectivity index (χ1n) is 4.50. The Labute approximate surface area is 84.4 Å². The van der Waals surface area contributed by atoms with Crippen molar-refractivity contribution in [3.63, 3.8) is 0 Å². The van der Waals surface area contributed by atoms with Gasteiger partial charge in [-0.05, 0) is 6.42 Å². The molecule has 0 radical (unpaired) electrons. The summed E-state index contributed by atoms with van der Waals surface area (Å²) in [6.07, 6.45) is -5.24. The summed E-state index contributed by atoms with van der Waals surface area (Å²) in [7, 11) is 0. The van der Waals surface area contributed by atoms with Crippen LogP contribution in [0.3, 0.4) is 0 Å². The molecular weight excluding hydrogens is 213 g/mol. The zero-order chi connectivity index (χ0) is 11.6. The number of amides is 3. The Kier molecular flexibility index (Phi) is 3.21. The fourth-order valence-corrected chi connectivity index (χ4v) is 1.49. The number of carbonyl (C=O) groups excluding carboxylic acids is 2. The van der Waals surface area contributed by atoms with Gasteiger partial charge in [-0.1, -0.05) is 6.92 Å². The molecule has 15 heavy (non-hydrogen) atoms. The van der Waals surface area contributed by atoms with E-state index in [4.69, 9.17) is 0 Å². The minimum atomic E-state index is -4.33. The minimum Gasteiger partial charge on any atom is -0.312 e. The molecule has 0 saturated carbocycles. The van der Waals surface area contributed by atoms with Crippen LogP contribution in [-0.4, -0.2) is 35.6 Å². The van der Waals surface area contributed by atoms with Gasteiger partial charge in [-0.25, -0.2) is 4.79 Å². The second-order valence-electron chi connectivity index (χ2n) is 3.36. The lowest BCUT2D eigenvalue weighted by Crippen LogP contribution is -2.40. The Morgan fingerprint density at radius 1 is 1.47 bits per heavy atom. The molecule has 1 unspecified atom stereocenters. The van der Waals surface area contributed by atoms with E-state index in [0.29, 0.717) is 0 Å². The van der Waals surface area contributed by atoms with E-state index in [1.807, 2.05) is 5.32 Å². The number of imide groups is 1. The third-order valence-electron chi connectivity index (χ3n) is 2.20. The van der Waals surface area contributed by atoms with Crippen molar-refractivity contribution in [2.24, 2.45) is 0 Å². The van der Waals surface area contributed by atoms with Crippen molar-refractivity contribution in [3.05, 3.63) is 0 Å². The highest BCUT2D eigenvalue weighted by Gasteiger charge is 2.39. The zero-order valence-corrected chi connectivity index (χ0v) is 8.10. The molecule has 0 aromatic carbocycles. The molecule has 1 atom stereocenters. The molecule has 0 aromatic rings. The number of hydrogen-bond donors (Lipinski definition) is 1. The van der Waals surface area contributed by atoms with Crippen LogP contribution in [0, 0.1) is 0 Å². The first-order chi connectivity index (χ1) is 6.83. The summed E-state index contributed by atoms with van der Waals surface area (Å²) >= 11 is 0. The van der Waals surface area contributed by atoms with Crippen LogP contribution in [0.15, 0.2) is 0 Å². The van der Waals surface area contributed by atoms with Gasteiger partial charge in [0.05, 0.1) is 6.42 Å². The van der Waals surface area contributed by atoms with Crippen molar-refractivity contribution in [1.29, 1.82) is 0 Å². The number of halogens is 3. The molecule has 4 nitrogen and oxygen atoms in total. The molecule has 1 N–H and O–H groups in total. The fourth-order valence-electron chi connectivity index (χ4n) is 1.49. The maximum atomic E-state index is 12.1. The molecular formula is C8H11F3N2O2. The summed E-state index contributed by atoms with van der Waals surface area (Å²) in [5.41, 5.74) is 0. The molecule has 7 heteroatoms. The topological polar surface area (TPSA) is 49.4 Å². The average Bonchev–Trinajstić information content (AvgIpc) is 2.39. The van der Waals surface area contributed by atoms with E-state index in [1.165, 1.54) is 0 Å². The van der Waals surface area contributed by atoms with E-state index in [1.54, 1.807) is 6.92 Å². The molecule has 1 fully saturated rings. The van der Waals surface area contributed by atoms with Gasteiger partial charge in [0, 0.05) is 6.04 Å². The zero-order valence-electron chi connectivity index (χ0n) is 8.10. The maximum Gasteiger partial charge on any atom is 0.391 e. The molecule has 3 amide bonds. The molecule has 1 aliphatic rings. The third kappa shape index (κ3) is 3.10. The smallest absolute Gasteiger partial charge is 0.312 e. The van der Waals surface area contributed by atoms with Gasteiger partial charge in [-0.2, -0.15) is 13.2 Å². The Morgan fingerprint density at radius 3 is 2.40 bits per heavy atom. The largest absolute Gasteiger partial charge is 0.391 e. The monoisotopic (exact) mass is 224 g/mol. The Morgan fingerprint density at radius 2 is 2.07 bits per heavy atom. The first-order valence-corrected chi connectivity index (χ1v) is 4.50. The van der Waals surface area contributed by atoms with Crippen LogP contribution in [0.1, 0.15) is 19.8 Å². The number of urea groups is 1. The van der Waals surface area contributed by atoms with Crippen molar-refractivity contribution in [2.45, 2.75) is 32.0 Å². The Balaban J connectivity index is 2.67. The van der Waals surface area contributed by atoms with Crippen LogP contribution >= 0.6 is 0 Å². The minimum absolute atomic E-state index is 0.167. The van der Waals surface area contributed by atoms with E-state index < -0.39 is 30.6 Å². The molecule has 0 spiro atoms. The fraction of sp³-hybridized carbons (Fsp3) is 0.750. The van der Waals surface area contributed by atoms with E-state index in [-0.39, 0.29) is 13.0 Å². The molecule has 1 aliphatic heterocycles. The lowest BCUT2D eigenvalue weighted by molar-refractivity contribution is -0.145. The van der Waals surface area contributed by atoms with Gasteiger partial charge < -0.3 is 4.90 Å². The molecule has 1 rings (SSSR count). The van der Waals surface area contributed by atoms with Gasteiger partial charge in [0.15, 0.2) is 0 Å². The third-order valence-corrected chi connectivity index (χ3v) is 2.20. The summed E-state index contributed by atoms with van der Waals surface area (Å²) in [5.74, 6) is -0.555. The predicted octanol–water partition coefficient (Wildman–Crippen LogP) is 1.27. The van der Waals surface area contributed by atoms with Crippen LogP contribution in [0.4, 0.5) is 18.0 Å². The van der Waals surface area contributed by atoms with Crippen LogP contribution in [0.2, 0.25) is 0 Å². The van der Waals surface area contributed by atoms with Gasteiger partial charge >= 0.3 is 12.2 Å². The molecule has 1 saturated heterocycles. The highest BCUT2D eigenvalue weighted by molar-refractivity contribution is 6.02. The molecule has 0 bridgehead atoms. The summed E-state index contributed by atoms with van der Waals surface area (Å²) in [5, 5.41) is 1.95. The van der Waals surface area contributed by atoms with Crippen molar-refractivity contribution >= 4 is 11.9 Å². The normalized spacial score (nSPS) is 19.3. The number of rotatable bonds is 3. The van der Waals surface area contributed by atoms with Crippen molar-refractivity contribution in [1.82, 2.24) is 10.2 Å². The molecule has 1 heterocycles. The van der Waals surface area contributed by atoms with Gasteiger partial charge in [0.1, 0.15) is 6.54 Å². The van der Waals surface area contributed by atoms with Crippen LogP contribution in [0.25, 0.3) is 0 Å². The number of alkyl halides is 3. The average molecular weight is 224 g/mol. The summed E-state index contributed by atoms with van der Waals surface area (Å²) in [6, 6.07) is -1.70. The van der Waals surface area contributed by atoms with Crippen LogP contribution in [0.5, 0.6) is 0 Å². The Hall–Kier alpha value is -1.27. The van der Waals surface area contributed by atoms with Gasteiger partial charge in [0.2, 0.25) is 5.91 Å². The predicted molar refractivity (Wildman–Crippen MR) is 45.0 cm³/mol. The van der Waals surface area contributed by atoms with E-state index in [9.17, 15) is 22.8 Å². The molecule has 0 aliphatic carbocycles. The first kappa shape index (κ1) is 11.8. The highest BCUT2D eigenvalue weighted by Crippen LogP contribution is 2.26. The molecule has 0 aromatic heterocycles. The quantitative estimate of drug-likeness (QED) is 0.734. The SMILES string of the molecule is CCC(CC(F)(F)F)N1CC(=O)NC1=O. The lowest BCUT2D eigenvalue weighted by Gasteiger charge is -2.25. The number of hydrogen-bond acceptors (Lipinski definition) is 2. The van der Waals surface area contributed by atoms with Crippen molar-refractivity contribution in [3.8, 4) is 0 Å².